The first-order chi connectivity index (χ1) is 20.0. The molecule has 13 nitrogen and oxygen atoms in total. The van der Waals surface area contributed by atoms with Crippen molar-refractivity contribution in [1.29, 1.82) is 0 Å². The van der Waals surface area contributed by atoms with Crippen molar-refractivity contribution in [2.45, 2.75) is 6.54 Å². The summed E-state index contributed by atoms with van der Waals surface area (Å²) in [5, 5.41) is 12.6. The van der Waals surface area contributed by atoms with Crippen LogP contribution in [-0.4, -0.2) is 87.6 Å². The lowest BCUT2D eigenvalue weighted by Crippen LogP contribution is -2.47. The van der Waals surface area contributed by atoms with Crippen molar-refractivity contribution in [2.75, 3.05) is 63.1 Å². The minimum atomic E-state index is -0.383. The fourth-order valence-corrected chi connectivity index (χ4v) is 4.98. The highest BCUT2D eigenvalue weighted by atomic mass is 19.1. The molecule has 0 unspecified atom stereocenters. The molecule has 41 heavy (non-hydrogen) atoms. The second-order valence-electron chi connectivity index (χ2n) is 9.75. The lowest BCUT2D eigenvalue weighted by atomic mass is 10.2. The molecular formula is C27H31FN10O3. The van der Waals surface area contributed by atoms with Crippen molar-refractivity contribution in [1.82, 2.24) is 34.6 Å². The van der Waals surface area contributed by atoms with E-state index in [1.165, 1.54) is 6.07 Å². The summed E-state index contributed by atoms with van der Waals surface area (Å²) in [5.74, 6) is 0.548. The van der Waals surface area contributed by atoms with Gasteiger partial charge < -0.3 is 30.8 Å². The lowest BCUT2D eigenvalue weighted by Gasteiger charge is -2.36. The number of halogens is 1. The molecule has 0 radical (unpaired) electrons. The molecule has 14 heteroatoms. The first kappa shape index (κ1) is 26.5. The van der Waals surface area contributed by atoms with Crippen LogP contribution in [-0.2, 0) is 11.3 Å². The summed E-state index contributed by atoms with van der Waals surface area (Å²) >= 11 is 0. The van der Waals surface area contributed by atoms with Gasteiger partial charge in [0.15, 0.2) is 18.0 Å². The number of anilines is 2. The van der Waals surface area contributed by atoms with Gasteiger partial charge in [0.25, 0.3) is 5.91 Å². The molecule has 214 valence electrons. The predicted octanol–water partition coefficient (Wildman–Crippen LogP) is 1.34. The van der Waals surface area contributed by atoms with Gasteiger partial charge in [-0.2, -0.15) is 19.7 Å². The Bertz CT molecular complexity index is 1660. The zero-order valence-electron chi connectivity index (χ0n) is 22.4. The Hall–Kier alpha value is -4.69. The van der Waals surface area contributed by atoms with E-state index in [0.29, 0.717) is 61.3 Å². The number of nitrogen functional groups attached to an aromatic ring is 1. The van der Waals surface area contributed by atoms with Crippen molar-refractivity contribution in [3.63, 3.8) is 0 Å². The van der Waals surface area contributed by atoms with Crippen molar-refractivity contribution in [3.05, 3.63) is 54.7 Å². The maximum atomic E-state index is 14.9. The topological polar surface area (TPSA) is 158 Å². The number of carbonyl (C=O) groups excluding carboxylic acids is 1. The zero-order valence-corrected chi connectivity index (χ0v) is 22.4. The van der Waals surface area contributed by atoms with Crippen LogP contribution in [0, 0.1) is 5.82 Å². The molecule has 5 heterocycles. The number of aromatic nitrogens is 5. The Morgan fingerprint density at radius 2 is 2.00 bits per heavy atom. The molecule has 5 N–H and O–H groups in total. The van der Waals surface area contributed by atoms with Gasteiger partial charge in [0.2, 0.25) is 5.95 Å². The molecule has 0 atom stereocenters. The van der Waals surface area contributed by atoms with Gasteiger partial charge in [-0.25, -0.2) is 9.07 Å². The van der Waals surface area contributed by atoms with Gasteiger partial charge >= 0.3 is 0 Å². The number of piperazine rings is 1. The summed E-state index contributed by atoms with van der Waals surface area (Å²) < 4.78 is 29.2. The van der Waals surface area contributed by atoms with Gasteiger partial charge in [-0.05, 0) is 30.3 Å². The summed E-state index contributed by atoms with van der Waals surface area (Å²) in [6.45, 7) is 4.81. The maximum Gasteiger partial charge on any atom is 0.257 e. The Balaban J connectivity index is 1.05. The van der Waals surface area contributed by atoms with Crippen LogP contribution in [0.3, 0.4) is 0 Å². The number of nitrogens with zero attached hydrogens (tertiary/aromatic N) is 7. The van der Waals surface area contributed by atoms with E-state index in [4.69, 9.17) is 20.6 Å². The van der Waals surface area contributed by atoms with Crippen LogP contribution in [0.5, 0.6) is 5.75 Å². The summed E-state index contributed by atoms with van der Waals surface area (Å²) in [4.78, 5) is 20.6. The van der Waals surface area contributed by atoms with E-state index < -0.39 is 0 Å². The molecule has 1 aliphatic heterocycles. The van der Waals surface area contributed by atoms with Crippen molar-refractivity contribution < 1.29 is 18.3 Å². The van der Waals surface area contributed by atoms with E-state index in [1.807, 2.05) is 27.8 Å². The average molecular weight is 563 g/mol. The number of fused-ring (bicyclic) bond motifs is 3. The number of nitrogens with one attached hydrogen (secondary N) is 1. The fourth-order valence-electron chi connectivity index (χ4n) is 4.98. The Morgan fingerprint density at radius 1 is 1.15 bits per heavy atom. The first-order valence-electron chi connectivity index (χ1n) is 13.4. The molecular weight excluding hydrogens is 531 g/mol. The van der Waals surface area contributed by atoms with E-state index in [9.17, 15) is 9.18 Å². The minimum Gasteiger partial charge on any atom is -0.484 e. The first-order valence-corrected chi connectivity index (χ1v) is 13.4. The standard InChI is InChI=1S/C27H31FN10O3/c28-20-14-18(41-17-25(39)31-6-5-29)3-4-22(20)36-10-7-35(8-11-36)9-12-37-26-19(16-32-37)23-15-21(24-2-1-13-40-24)34-38(23)27(30)33-26/h1-4,13-16H,5-12,17,29H2,(H2,30,33)(H,31,39). The quantitative estimate of drug-likeness (QED) is 0.227. The SMILES string of the molecule is NCCNC(=O)COc1ccc(N2CCN(CCn3ncc4c3nc(N)n3nc(-c5ccco5)cc43)CC2)c(F)c1. The molecule has 4 aromatic heterocycles. The molecule has 6 rings (SSSR count). The smallest absolute Gasteiger partial charge is 0.257 e. The summed E-state index contributed by atoms with van der Waals surface area (Å²) in [7, 11) is 0. The van der Waals surface area contributed by atoms with Crippen LogP contribution in [0.4, 0.5) is 16.0 Å². The van der Waals surface area contributed by atoms with Crippen LogP contribution in [0.15, 0.2) is 53.3 Å². The van der Waals surface area contributed by atoms with Gasteiger partial charge in [0.1, 0.15) is 17.3 Å². The molecule has 5 aromatic rings. The average Bonchev–Trinajstić information content (AvgIpc) is 3.74. The Morgan fingerprint density at radius 3 is 2.76 bits per heavy atom. The molecule has 1 fully saturated rings. The summed E-state index contributed by atoms with van der Waals surface area (Å²) in [5.41, 5.74) is 14.3. The van der Waals surface area contributed by atoms with Gasteiger partial charge in [-0.1, -0.05) is 0 Å². The molecule has 0 saturated carbocycles. The van der Waals surface area contributed by atoms with E-state index in [2.05, 4.69) is 25.4 Å². The van der Waals surface area contributed by atoms with Crippen LogP contribution < -0.4 is 26.4 Å². The highest BCUT2D eigenvalue weighted by molar-refractivity contribution is 5.93. The monoisotopic (exact) mass is 562 g/mol. The summed E-state index contributed by atoms with van der Waals surface area (Å²) in [6.07, 6.45) is 3.39. The van der Waals surface area contributed by atoms with E-state index in [1.54, 1.807) is 29.1 Å². The van der Waals surface area contributed by atoms with Gasteiger partial charge in [-0.15, -0.1) is 0 Å². The van der Waals surface area contributed by atoms with E-state index >= 15 is 0 Å². The second-order valence-corrected chi connectivity index (χ2v) is 9.75. The molecule has 1 aliphatic rings. The number of rotatable bonds is 10. The molecule has 1 amide bonds. The summed E-state index contributed by atoms with van der Waals surface area (Å²) in [6, 6.07) is 10.3. The molecule has 0 spiro atoms. The largest absolute Gasteiger partial charge is 0.484 e. The molecule has 1 aromatic carbocycles. The fraction of sp³-hybridized carbons (Fsp3) is 0.333. The number of carbonyl (C=O) groups is 1. The molecule has 0 aliphatic carbocycles. The van der Waals surface area contributed by atoms with Crippen molar-refractivity contribution in [3.8, 4) is 17.2 Å². The highest BCUT2D eigenvalue weighted by Crippen LogP contribution is 2.27. The number of nitrogens with two attached hydrogens (primary N) is 2. The number of ether oxygens (including phenoxy) is 1. The van der Waals surface area contributed by atoms with Crippen molar-refractivity contribution >= 4 is 34.1 Å². The van der Waals surface area contributed by atoms with Gasteiger partial charge in [0.05, 0.1) is 35.6 Å². The third-order valence-corrected chi connectivity index (χ3v) is 7.10. The molecule has 0 bridgehead atoms. The number of hydrogen-bond acceptors (Lipinski definition) is 10. The number of furan rings is 1. The normalized spacial score (nSPS) is 14.2. The Kier molecular flexibility index (Phi) is 7.39. The van der Waals surface area contributed by atoms with Gasteiger partial charge in [-0.3, -0.25) is 9.69 Å². The van der Waals surface area contributed by atoms with Gasteiger partial charge in [0, 0.05) is 51.9 Å². The lowest BCUT2D eigenvalue weighted by molar-refractivity contribution is -0.123. The van der Waals surface area contributed by atoms with Crippen LogP contribution >= 0.6 is 0 Å². The van der Waals surface area contributed by atoms with Crippen LogP contribution in [0.1, 0.15) is 0 Å². The number of benzene rings is 1. The zero-order chi connectivity index (χ0) is 28.3. The minimum absolute atomic E-state index is 0.190. The third kappa shape index (κ3) is 5.51. The van der Waals surface area contributed by atoms with Crippen LogP contribution in [0.2, 0.25) is 0 Å². The predicted molar refractivity (Wildman–Crippen MR) is 151 cm³/mol. The van der Waals surface area contributed by atoms with E-state index in [0.717, 1.165) is 30.5 Å². The van der Waals surface area contributed by atoms with Crippen molar-refractivity contribution in [2.24, 2.45) is 5.73 Å². The highest BCUT2D eigenvalue weighted by Gasteiger charge is 2.21. The Labute approximate surface area is 234 Å². The number of hydrogen-bond donors (Lipinski definition) is 3. The van der Waals surface area contributed by atoms with E-state index in [-0.39, 0.29) is 24.3 Å². The third-order valence-electron chi connectivity index (χ3n) is 7.10. The number of amides is 1. The van der Waals surface area contributed by atoms with Crippen LogP contribution in [0.25, 0.3) is 28.0 Å². The second kappa shape index (κ2) is 11.4. The molecule has 1 saturated heterocycles. The maximum absolute atomic E-state index is 14.9.